The Morgan fingerprint density at radius 2 is 1.30 bits per heavy atom. The van der Waals surface area contributed by atoms with Crippen LogP contribution >= 0.6 is 0 Å². The number of ether oxygens (including phenoxy) is 4. The summed E-state index contributed by atoms with van der Waals surface area (Å²) in [6.45, 7) is 6.89. The highest BCUT2D eigenvalue weighted by molar-refractivity contribution is 5.24. The van der Waals surface area contributed by atoms with Gasteiger partial charge in [0, 0.05) is 11.8 Å². The van der Waals surface area contributed by atoms with Crippen LogP contribution in [0.4, 0.5) is 0 Å². The summed E-state index contributed by atoms with van der Waals surface area (Å²) in [5.41, 5.74) is 2.52. The topological polar surface area (TPSA) is 36.9 Å². The fourth-order valence-corrected chi connectivity index (χ4v) is 2.48. The third-order valence-electron chi connectivity index (χ3n) is 3.78. The third kappa shape index (κ3) is 3.20. The van der Waals surface area contributed by atoms with Gasteiger partial charge in [-0.25, -0.2) is 0 Å². The van der Waals surface area contributed by atoms with Gasteiger partial charge in [0.15, 0.2) is 0 Å². The van der Waals surface area contributed by atoms with Crippen LogP contribution in [0.3, 0.4) is 0 Å². The van der Waals surface area contributed by atoms with Gasteiger partial charge in [0.05, 0.1) is 26.4 Å². The number of rotatable bonds is 2. The van der Waals surface area contributed by atoms with Gasteiger partial charge in [-0.05, 0) is 12.5 Å². The van der Waals surface area contributed by atoms with E-state index in [0.29, 0.717) is 32.3 Å². The second-order valence-electron chi connectivity index (χ2n) is 5.78. The predicted octanol–water partition coefficient (Wildman–Crippen LogP) is 2.46. The Bertz CT molecular complexity index is 415. The number of hydrogen-bond acceptors (Lipinski definition) is 4. The average Bonchev–Trinajstić information content (AvgIpc) is 2.49. The standard InChI is InChI=1S/C16H22O4/c1-11-3-5-13(6-4-11)14-9-19-16(20-10-14)15-17-7-12(2)8-18-15/h3-6,12,14-16H,7-10H2,1-2H3. The van der Waals surface area contributed by atoms with Crippen LogP contribution in [-0.4, -0.2) is 39.0 Å². The molecule has 2 heterocycles. The summed E-state index contributed by atoms with van der Waals surface area (Å²) in [5, 5.41) is 0. The Hall–Kier alpha value is -0.940. The lowest BCUT2D eigenvalue weighted by Gasteiger charge is -2.36. The van der Waals surface area contributed by atoms with Gasteiger partial charge in [-0.3, -0.25) is 0 Å². The molecule has 0 aromatic heterocycles. The summed E-state index contributed by atoms with van der Waals surface area (Å²) >= 11 is 0. The van der Waals surface area contributed by atoms with Crippen molar-refractivity contribution in [3.8, 4) is 0 Å². The molecular formula is C16H22O4. The van der Waals surface area contributed by atoms with Crippen LogP contribution in [-0.2, 0) is 18.9 Å². The molecule has 2 aliphatic heterocycles. The number of aryl methyl sites for hydroxylation is 1. The van der Waals surface area contributed by atoms with E-state index in [1.165, 1.54) is 11.1 Å². The maximum Gasteiger partial charge on any atom is 0.209 e. The Morgan fingerprint density at radius 1 is 0.800 bits per heavy atom. The third-order valence-corrected chi connectivity index (χ3v) is 3.78. The molecule has 20 heavy (non-hydrogen) atoms. The zero-order valence-electron chi connectivity index (χ0n) is 12.1. The van der Waals surface area contributed by atoms with Gasteiger partial charge in [0.2, 0.25) is 12.6 Å². The lowest BCUT2D eigenvalue weighted by atomic mass is 9.99. The molecule has 0 spiro atoms. The molecule has 1 aromatic rings. The fraction of sp³-hybridized carbons (Fsp3) is 0.625. The highest BCUT2D eigenvalue weighted by atomic mass is 16.8. The summed E-state index contributed by atoms with van der Waals surface area (Å²) in [6.07, 6.45) is -0.783. The molecule has 4 nitrogen and oxygen atoms in total. The van der Waals surface area contributed by atoms with Crippen molar-refractivity contribution >= 4 is 0 Å². The van der Waals surface area contributed by atoms with Crippen LogP contribution in [0.25, 0.3) is 0 Å². The van der Waals surface area contributed by atoms with Crippen molar-refractivity contribution in [2.45, 2.75) is 32.3 Å². The Labute approximate surface area is 120 Å². The molecule has 2 fully saturated rings. The first-order valence-corrected chi connectivity index (χ1v) is 7.25. The maximum atomic E-state index is 5.78. The van der Waals surface area contributed by atoms with Crippen molar-refractivity contribution in [1.29, 1.82) is 0 Å². The van der Waals surface area contributed by atoms with Crippen LogP contribution in [0.15, 0.2) is 24.3 Å². The van der Waals surface area contributed by atoms with Gasteiger partial charge in [-0.1, -0.05) is 36.8 Å². The van der Waals surface area contributed by atoms with Gasteiger partial charge >= 0.3 is 0 Å². The summed E-state index contributed by atoms with van der Waals surface area (Å²) in [5.74, 6) is 0.726. The monoisotopic (exact) mass is 278 g/mol. The minimum atomic E-state index is -0.399. The van der Waals surface area contributed by atoms with Crippen LogP contribution in [0.1, 0.15) is 24.0 Å². The van der Waals surface area contributed by atoms with Gasteiger partial charge in [0.1, 0.15) is 0 Å². The lowest BCUT2D eigenvalue weighted by molar-refractivity contribution is -0.325. The molecule has 2 saturated heterocycles. The van der Waals surface area contributed by atoms with E-state index in [1.54, 1.807) is 0 Å². The van der Waals surface area contributed by atoms with E-state index < -0.39 is 6.29 Å². The maximum absolute atomic E-state index is 5.78. The summed E-state index contributed by atoms with van der Waals surface area (Å²) < 4.78 is 22.8. The van der Waals surface area contributed by atoms with Gasteiger partial charge in [0.25, 0.3) is 0 Å². The first kappa shape index (κ1) is 14.0. The Balaban J connectivity index is 1.53. The molecule has 0 atom stereocenters. The number of benzene rings is 1. The first-order chi connectivity index (χ1) is 9.72. The van der Waals surface area contributed by atoms with Crippen molar-refractivity contribution in [1.82, 2.24) is 0 Å². The highest BCUT2D eigenvalue weighted by Gasteiger charge is 2.33. The predicted molar refractivity (Wildman–Crippen MR) is 74.5 cm³/mol. The minimum absolute atomic E-state index is 0.286. The molecule has 0 N–H and O–H groups in total. The average molecular weight is 278 g/mol. The van der Waals surface area contributed by atoms with Crippen molar-refractivity contribution in [3.05, 3.63) is 35.4 Å². The van der Waals surface area contributed by atoms with Crippen LogP contribution < -0.4 is 0 Å². The fourth-order valence-electron chi connectivity index (χ4n) is 2.48. The molecule has 4 heteroatoms. The SMILES string of the molecule is Cc1ccc(C2COC(C3OCC(C)CO3)OC2)cc1. The van der Waals surface area contributed by atoms with Crippen LogP contribution in [0.5, 0.6) is 0 Å². The molecule has 110 valence electrons. The molecular weight excluding hydrogens is 256 g/mol. The Kier molecular flexibility index (Phi) is 4.36. The molecule has 3 rings (SSSR count). The van der Waals surface area contributed by atoms with Crippen molar-refractivity contribution < 1.29 is 18.9 Å². The molecule has 2 aliphatic rings. The van der Waals surface area contributed by atoms with Crippen molar-refractivity contribution in [2.24, 2.45) is 5.92 Å². The Morgan fingerprint density at radius 3 is 1.85 bits per heavy atom. The highest BCUT2D eigenvalue weighted by Crippen LogP contribution is 2.26. The normalized spacial score (nSPS) is 34.9. The molecule has 0 bridgehead atoms. The summed E-state index contributed by atoms with van der Waals surface area (Å²) in [6, 6.07) is 8.52. The van der Waals surface area contributed by atoms with E-state index in [9.17, 15) is 0 Å². The quantitative estimate of drug-likeness (QED) is 0.832. The van der Waals surface area contributed by atoms with Crippen molar-refractivity contribution in [3.63, 3.8) is 0 Å². The summed E-state index contributed by atoms with van der Waals surface area (Å²) in [4.78, 5) is 0. The van der Waals surface area contributed by atoms with Crippen LogP contribution in [0.2, 0.25) is 0 Å². The minimum Gasteiger partial charge on any atom is -0.348 e. The second kappa shape index (κ2) is 6.22. The van der Waals surface area contributed by atoms with Crippen LogP contribution in [0, 0.1) is 12.8 Å². The van der Waals surface area contributed by atoms with E-state index >= 15 is 0 Å². The first-order valence-electron chi connectivity index (χ1n) is 7.25. The molecule has 0 amide bonds. The smallest absolute Gasteiger partial charge is 0.209 e. The van der Waals surface area contributed by atoms with Gasteiger partial charge < -0.3 is 18.9 Å². The molecule has 0 unspecified atom stereocenters. The molecule has 0 aliphatic carbocycles. The molecule has 0 saturated carbocycles. The van der Waals surface area contributed by atoms with Gasteiger partial charge in [-0.2, -0.15) is 0 Å². The van der Waals surface area contributed by atoms with E-state index in [4.69, 9.17) is 18.9 Å². The second-order valence-corrected chi connectivity index (χ2v) is 5.78. The summed E-state index contributed by atoms with van der Waals surface area (Å²) in [7, 11) is 0. The zero-order valence-corrected chi connectivity index (χ0v) is 12.1. The zero-order chi connectivity index (χ0) is 13.9. The van der Waals surface area contributed by atoms with E-state index in [2.05, 4.69) is 38.1 Å². The van der Waals surface area contributed by atoms with E-state index in [-0.39, 0.29) is 12.2 Å². The molecule has 0 radical (unpaired) electrons. The largest absolute Gasteiger partial charge is 0.348 e. The van der Waals surface area contributed by atoms with Crippen molar-refractivity contribution in [2.75, 3.05) is 26.4 Å². The van der Waals surface area contributed by atoms with E-state index in [0.717, 1.165) is 0 Å². The van der Waals surface area contributed by atoms with Gasteiger partial charge in [-0.15, -0.1) is 0 Å². The lowest BCUT2D eigenvalue weighted by Crippen LogP contribution is -2.45. The molecule has 1 aromatic carbocycles. The van der Waals surface area contributed by atoms with E-state index in [1.807, 2.05) is 0 Å². The number of hydrogen-bond donors (Lipinski definition) is 0.